The lowest BCUT2D eigenvalue weighted by Crippen LogP contribution is -2.56. The molecule has 1 aromatic rings. The van der Waals surface area contributed by atoms with Gasteiger partial charge in [0.25, 0.3) is 0 Å². The highest BCUT2D eigenvalue weighted by atomic mass is 19.4. The standard InChI is InChI=1S/C15H17F4N3O2/c1-20-14(24)22-7-6-11(9-2-4-10(16)5-3-9)12(8-22)21-13(23)15(17,18)19/h2-5,11-12H,6-8H2,1H3,(H,20,24)(H,21,23)/t11-,12-/m1/s1. The van der Waals surface area contributed by atoms with Crippen LogP contribution in [0.4, 0.5) is 22.4 Å². The van der Waals surface area contributed by atoms with Gasteiger partial charge in [-0.25, -0.2) is 9.18 Å². The molecule has 132 valence electrons. The van der Waals surface area contributed by atoms with Crippen molar-refractivity contribution in [2.75, 3.05) is 20.1 Å². The number of amides is 3. The van der Waals surface area contributed by atoms with E-state index in [-0.39, 0.29) is 6.54 Å². The van der Waals surface area contributed by atoms with Gasteiger partial charge in [0.05, 0.1) is 6.04 Å². The van der Waals surface area contributed by atoms with Gasteiger partial charge >= 0.3 is 18.1 Å². The summed E-state index contributed by atoms with van der Waals surface area (Å²) in [5.74, 6) is -2.96. The Hall–Kier alpha value is -2.32. The highest BCUT2D eigenvalue weighted by molar-refractivity contribution is 5.82. The monoisotopic (exact) mass is 347 g/mol. The average Bonchev–Trinajstić information content (AvgIpc) is 2.54. The number of hydrogen-bond acceptors (Lipinski definition) is 2. The first-order valence-corrected chi connectivity index (χ1v) is 7.32. The van der Waals surface area contributed by atoms with E-state index in [1.807, 2.05) is 5.32 Å². The van der Waals surface area contributed by atoms with Crippen LogP contribution >= 0.6 is 0 Å². The molecular formula is C15H17F4N3O2. The Bertz CT molecular complexity index is 604. The molecule has 3 amide bonds. The van der Waals surface area contributed by atoms with Crippen LogP contribution in [0.1, 0.15) is 17.9 Å². The number of urea groups is 1. The normalized spacial score (nSPS) is 21.3. The first-order valence-electron chi connectivity index (χ1n) is 7.32. The van der Waals surface area contributed by atoms with Gasteiger partial charge in [-0.3, -0.25) is 4.79 Å². The number of carbonyl (C=O) groups is 2. The van der Waals surface area contributed by atoms with Crippen molar-refractivity contribution < 1.29 is 27.2 Å². The molecule has 0 bridgehead atoms. The molecule has 0 radical (unpaired) electrons. The highest BCUT2D eigenvalue weighted by Gasteiger charge is 2.42. The van der Waals surface area contributed by atoms with E-state index in [0.717, 1.165) is 0 Å². The summed E-state index contributed by atoms with van der Waals surface area (Å²) in [6, 6.07) is 4.02. The summed E-state index contributed by atoms with van der Waals surface area (Å²) in [7, 11) is 1.41. The molecule has 1 heterocycles. The van der Waals surface area contributed by atoms with Crippen LogP contribution in [0.15, 0.2) is 24.3 Å². The molecule has 0 saturated carbocycles. The van der Waals surface area contributed by atoms with Crippen molar-refractivity contribution in [2.45, 2.75) is 24.6 Å². The van der Waals surface area contributed by atoms with Gasteiger partial charge in [0.1, 0.15) is 5.82 Å². The van der Waals surface area contributed by atoms with Crippen molar-refractivity contribution in [1.29, 1.82) is 0 Å². The van der Waals surface area contributed by atoms with E-state index < -0.39 is 35.9 Å². The molecule has 2 N–H and O–H groups in total. The zero-order valence-electron chi connectivity index (χ0n) is 12.9. The summed E-state index contributed by atoms with van der Waals surface area (Å²) in [4.78, 5) is 24.3. The summed E-state index contributed by atoms with van der Waals surface area (Å²) >= 11 is 0. The fraction of sp³-hybridized carbons (Fsp3) is 0.467. The van der Waals surface area contributed by atoms with Gasteiger partial charge in [-0.1, -0.05) is 12.1 Å². The summed E-state index contributed by atoms with van der Waals surface area (Å²) in [6.45, 7) is 0.254. The van der Waals surface area contributed by atoms with E-state index in [9.17, 15) is 27.2 Å². The van der Waals surface area contributed by atoms with Gasteiger partial charge in [0.15, 0.2) is 0 Å². The number of alkyl halides is 3. The van der Waals surface area contributed by atoms with E-state index >= 15 is 0 Å². The van der Waals surface area contributed by atoms with Crippen LogP contribution in [-0.4, -0.2) is 49.2 Å². The third-order valence-corrected chi connectivity index (χ3v) is 3.99. The molecule has 9 heteroatoms. The third-order valence-electron chi connectivity index (χ3n) is 3.99. The number of hydrogen-bond donors (Lipinski definition) is 2. The Morgan fingerprint density at radius 2 is 1.83 bits per heavy atom. The predicted octanol–water partition coefficient (Wildman–Crippen LogP) is 2.00. The van der Waals surface area contributed by atoms with Gasteiger partial charge in [0.2, 0.25) is 0 Å². The van der Waals surface area contributed by atoms with Crippen molar-refractivity contribution in [3.05, 3.63) is 35.6 Å². The van der Waals surface area contributed by atoms with Gasteiger partial charge in [-0.15, -0.1) is 0 Å². The van der Waals surface area contributed by atoms with Crippen molar-refractivity contribution in [3.63, 3.8) is 0 Å². The van der Waals surface area contributed by atoms with Crippen molar-refractivity contribution in [2.24, 2.45) is 0 Å². The number of nitrogens with zero attached hydrogens (tertiary/aromatic N) is 1. The molecule has 2 atom stereocenters. The molecule has 1 aliphatic heterocycles. The van der Waals surface area contributed by atoms with Gasteiger partial charge in [-0.2, -0.15) is 13.2 Å². The number of carbonyl (C=O) groups excluding carboxylic acids is 2. The summed E-state index contributed by atoms with van der Waals surface area (Å²) in [6.07, 6.45) is -4.66. The number of halogens is 4. The van der Waals surface area contributed by atoms with Crippen molar-refractivity contribution >= 4 is 11.9 Å². The Labute approximate surface area is 136 Å². The number of rotatable bonds is 2. The topological polar surface area (TPSA) is 61.4 Å². The van der Waals surface area contributed by atoms with Crippen molar-refractivity contribution in [3.8, 4) is 0 Å². The van der Waals surface area contributed by atoms with Gasteiger partial charge < -0.3 is 15.5 Å². The third kappa shape index (κ3) is 4.15. The molecule has 1 aliphatic rings. The quantitative estimate of drug-likeness (QED) is 0.804. The van der Waals surface area contributed by atoms with Crippen LogP contribution in [0.2, 0.25) is 0 Å². The molecule has 0 spiro atoms. The lowest BCUT2D eigenvalue weighted by Gasteiger charge is -2.39. The fourth-order valence-electron chi connectivity index (χ4n) is 2.80. The van der Waals surface area contributed by atoms with Crippen LogP contribution in [0.25, 0.3) is 0 Å². The molecule has 0 aliphatic carbocycles. The molecule has 0 unspecified atom stereocenters. The van der Waals surface area contributed by atoms with E-state index in [4.69, 9.17) is 0 Å². The minimum Gasteiger partial charge on any atom is -0.343 e. The molecule has 2 rings (SSSR count). The number of likely N-dealkylation sites (tertiary alicyclic amines) is 1. The fourth-order valence-corrected chi connectivity index (χ4v) is 2.80. The second kappa shape index (κ2) is 7.06. The molecule has 0 aromatic heterocycles. The predicted molar refractivity (Wildman–Crippen MR) is 77.8 cm³/mol. The van der Waals surface area contributed by atoms with Crippen LogP contribution in [0.3, 0.4) is 0 Å². The van der Waals surface area contributed by atoms with Crippen LogP contribution < -0.4 is 10.6 Å². The summed E-state index contributed by atoms with van der Waals surface area (Å²) in [5.41, 5.74) is 0.612. The SMILES string of the molecule is CNC(=O)N1CC[C@H](c2ccc(F)cc2)[C@H](NC(=O)C(F)(F)F)C1. The minimum absolute atomic E-state index is 0.0659. The number of piperidine rings is 1. The Balaban J connectivity index is 2.22. The van der Waals surface area contributed by atoms with E-state index in [2.05, 4.69) is 5.32 Å². The summed E-state index contributed by atoms with van der Waals surface area (Å²) in [5, 5.41) is 4.35. The molecule has 1 saturated heterocycles. The number of benzene rings is 1. The molecule has 1 aromatic carbocycles. The first-order chi connectivity index (χ1) is 11.2. The average molecular weight is 347 g/mol. The van der Waals surface area contributed by atoms with E-state index in [0.29, 0.717) is 18.5 Å². The van der Waals surface area contributed by atoms with Gasteiger partial charge in [0, 0.05) is 26.1 Å². The maximum absolute atomic E-state index is 13.1. The second-order valence-electron chi connectivity index (χ2n) is 5.53. The van der Waals surface area contributed by atoms with E-state index in [1.54, 1.807) is 0 Å². The Kier molecular flexibility index (Phi) is 5.30. The minimum atomic E-state index is -5.01. The largest absolute Gasteiger partial charge is 0.471 e. The molecule has 1 fully saturated rings. The molecule has 24 heavy (non-hydrogen) atoms. The highest BCUT2D eigenvalue weighted by Crippen LogP contribution is 2.29. The lowest BCUT2D eigenvalue weighted by molar-refractivity contribution is -0.174. The van der Waals surface area contributed by atoms with Crippen LogP contribution in [-0.2, 0) is 4.79 Å². The lowest BCUT2D eigenvalue weighted by atomic mass is 9.85. The first kappa shape index (κ1) is 18.0. The second-order valence-corrected chi connectivity index (χ2v) is 5.53. The molecular weight excluding hydrogens is 330 g/mol. The zero-order valence-corrected chi connectivity index (χ0v) is 12.9. The number of nitrogens with one attached hydrogen (secondary N) is 2. The van der Waals surface area contributed by atoms with Gasteiger partial charge in [-0.05, 0) is 24.1 Å². The zero-order chi connectivity index (χ0) is 17.9. The Morgan fingerprint density at radius 1 is 1.21 bits per heavy atom. The Morgan fingerprint density at radius 3 is 2.38 bits per heavy atom. The van der Waals surface area contributed by atoms with Crippen molar-refractivity contribution in [1.82, 2.24) is 15.5 Å². The van der Waals surface area contributed by atoms with Crippen LogP contribution in [0, 0.1) is 5.82 Å². The summed E-state index contributed by atoms with van der Waals surface area (Å²) < 4.78 is 50.7. The maximum Gasteiger partial charge on any atom is 0.471 e. The maximum atomic E-state index is 13.1. The smallest absolute Gasteiger partial charge is 0.343 e. The van der Waals surface area contributed by atoms with E-state index in [1.165, 1.54) is 36.2 Å². The van der Waals surface area contributed by atoms with Crippen LogP contribution in [0.5, 0.6) is 0 Å². The molecule has 5 nitrogen and oxygen atoms in total.